The SMILES string of the molecule is C=C[B]C(=O)[B]C(=O)[B]C=C. The van der Waals surface area contributed by atoms with Crippen molar-refractivity contribution >= 4 is 33.0 Å². The van der Waals surface area contributed by atoms with Gasteiger partial charge in [0.25, 0.3) is 7.28 Å². The average Bonchev–Trinajstić information content (AvgIpc) is 1.87. The topological polar surface area (TPSA) is 34.1 Å². The third-order valence-corrected chi connectivity index (χ3v) is 0.849. The fourth-order valence-corrected chi connectivity index (χ4v) is 0.469. The first kappa shape index (κ1) is 10.0. The lowest BCUT2D eigenvalue weighted by Gasteiger charge is -1.89. The van der Waals surface area contributed by atoms with E-state index >= 15 is 0 Å². The van der Waals surface area contributed by atoms with Gasteiger partial charge in [-0.15, -0.1) is 25.1 Å². The number of rotatable bonds is 6. The van der Waals surface area contributed by atoms with Crippen molar-refractivity contribution in [1.29, 1.82) is 0 Å². The molecule has 0 aliphatic rings. The maximum Gasteiger partial charge on any atom is 0.262 e. The van der Waals surface area contributed by atoms with Crippen LogP contribution in [-0.4, -0.2) is 33.0 Å². The molecule has 0 spiro atoms. The van der Waals surface area contributed by atoms with E-state index in [9.17, 15) is 9.59 Å². The minimum Gasteiger partial charge on any atom is -0.322 e. The molecule has 11 heavy (non-hydrogen) atoms. The maximum absolute atomic E-state index is 10.7. The number of hydrogen-bond donors (Lipinski definition) is 0. The molecule has 51 valence electrons. The van der Waals surface area contributed by atoms with Gasteiger partial charge >= 0.3 is 0 Å². The normalized spacial score (nSPS) is 7.64. The summed E-state index contributed by atoms with van der Waals surface area (Å²) in [6.45, 7) is 6.63. The van der Waals surface area contributed by atoms with E-state index < -0.39 is 0 Å². The van der Waals surface area contributed by atoms with E-state index in [0.717, 1.165) is 7.28 Å². The van der Waals surface area contributed by atoms with Crippen molar-refractivity contribution in [3.8, 4) is 0 Å². The van der Waals surface area contributed by atoms with Crippen molar-refractivity contribution in [2.45, 2.75) is 0 Å². The van der Waals surface area contributed by atoms with Gasteiger partial charge in [-0.2, -0.15) is 0 Å². The molecule has 0 heterocycles. The van der Waals surface area contributed by atoms with Gasteiger partial charge in [-0.1, -0.05) is 0 Å². The van der Waals surface area contributed by atoms with Gasteiger partial charge in [0.2, 0.25) is 14.6 Å². The van der Waals surface area contributed by atoms with Crippen LogP contribution in [0, 0.1) is 0 Å². The molecule has 0 fully saturated rings. The third kappa shape index (κ3) is 5.46. The first-order valence-electron chi connectivity index (χ1n) is 3.05. The Balaban J connectivity index is 3.65. The van der Waals surface area contributed by atoms with E-state index in [1.807, 2.05) is 0 Å². The largest absolute Gasteiger partial charge is 0.322 e. The molecule has 0 atom stereocenters. The Kier molecular flexibility index (Phi) is 5.26. The Morgan fingerprint density at radius 3 is 1.64 bits per heavy atom. The molecular formula is C6H6B3O2. The van der Waals surface area contributed by atoms with Crippen LogP contribution in [-0.2, 0) is 0 Å². The highest BCUT2D eigenvalue weighted by molar-refractivity contribution is 7.25. The maximum atomic E-state index is 10.7. The summed E-state index contributed by atoms with van der Waals surface area (Å²) in [5.41, 5.74) is -0.716. The summed E-state index contributed by atoms with van der Waals surface area (Å²) in [5, 5.41) is 0. The van der Waals surface area contributed by atoms with Crippen molar-refractivity contribution in [3.63, 3.8) is 0 Å². The molecule has 0 saturated carbocycles. The van der Waals surface area contributed by atoms with Gasteiger partial charge in [-0.25, -0.2) is 0 Å². The minimum atomic E-state index is -0.358. The number of carbonyl (C=O) groups is 2. The highest BCUT2D eigenvalue weighted by Gasteiger charge is 2.09. The van der Waals surface area contributed by atoms with Crippen LogP contribution in [0.4, 0.5) is 9.59 Å². The second-order valence-electron chi connectivity index (χ2n) is 1.75. The highest BCUT2D eigenvalue weighted by atomic mass is 16.1. The van der Waals surface area contributed by atoms with E-state index in [1.165, 1.54) is 26.5 Å². The van der Waals surface area contributed by atoms with Crippen molar-refractivity contribution in [2.24, 2.45) is 0 Å². The zero-order chi connectivity index (χ0) is 8.69. The fraction of sp³-hybridized carbons (Fsp3) is 0. The van der Waals surface area contributed by atoms with E-state index in [2.05, 4.69) is 13.2 Å². The third-order valence-electron chi connectivity index (χ3n) is 0.849. The average molecular weight is 143 g/mol. The molecule has 0 rings (SSSR count). The molecule has 0 aliphatic carbocycles. The molecule has 0 amide bonds. The first-order chi connectivity index (χ1) is 5.20. The first-order valence-corrected chi connectivity index (χ1v) is 3.05. The molecule has 0 aromatic carbocycles. The lowest BCUT2D eigenvalue weighted by molar-refractivity contribution is 0.270. The second kappa shape index (κ2) is 5.77. The smallest absolute Gasteiger partial charge is 0.262 e. The van der Waals surface area contributed by atoms with Gasteiger partial charge in [0.1, 0.15) is 0 Å². The molecule has 2 nitrogen and oxygen atoms in total. The van der Waals surface area contributed by atoms with E-state index in [0.29, 0.717) is 0 Å². The molecular weight excluding hydrogens is 136 g/mol. The molecule has 0 bridgehead atoms. The molecule has 0 unspecified atom stereocenters. The summed E-state index contributed by atoms with van der Waals surface area (Å²) in [4.78, 5) is 21.3. The molecule has 0 aromatic rings. The van der Waals surface area contributed by atoms with Crippen LogP contribution in [0.25, 0.3) is 0 Å². The number of carbonyl (C=O) groups excluding carboxylic acids is 2. The zero-order valence-electron chi connectivity index (χ0n) is 6.12. The van der Waals surface area contributed by atoms with Gasteiger partial charge in [-0.3, -0.25) is 0 Å². The summed E-state index contributed by atoms with van der Waals surface area (Å²) in [6, 6.07) is 0. The predicted octanol–water partition coefficient (Wildman–Crippen LogP) is 0.626. The Bertz CT molecular complexity index is 168. The van der Waals surface area contributed by atoms with Crippen LogP contribution < -0.4 is 0 Å². The Morgan fingerprint density at radius 1 is 1.00 bits per heavy atom. The zero-order valence-corrected chi connectivity index (χ0v) is 6.12. The van der Waals surface area contributed by atoms with Gasteiger partial charge in [-0.05, 0) is 0 Å². The molecule has 0 saturated heterocycles. The minimum absolute atomic E-state index is 0.358. The van der Waals surface area contributed by atoms with Crippen LogP contribution in [0.1, 0.15) is 0 Å². The van der Waals surface area contributed by atoms with Crippen LogP contribution in [0.5, 0.6) is 0 Å². The van der Waals surface area contributed by atoms with Crippen molar-refractivity contribution < 1.29 is 9.59 Å². The van der Waals surface area contributed by atoms with Gasteiger partial charge in [0, 0.05) is 0 Å². The fourth-order valence-electron chi connectivity index (χ4n) is 0.469. The van der Waals surface area contributed by atoms with Crippen molar-refractivity contribution in [1.82, 2.24) is 0 Å². The van der Waals surface area contributed by atoms with Gasteiger partial charge in [0.05, 0.1) is 11.2 Å². The Labute approximate surface area is 68.5 Å². The van der Waals surface area contributed by atoms with Crippen molar-refractivity contribution in [2.75, 3.05) is 0 Å². The monoisotopic (exact) mass is 143 g/mol. The van der Waals surface area contributed by atoms with Crippen LogP contribution in [0.15, 0.2) is 25.1 Å². The van der Waals surface area contributed by atoms with Crippen LogP contribution >= 0.6 is 0 Å². The van der Waals surface area contributed by atoms with E-state index in [1.54, 1.807) is 0 Å². The summed E-state index contributed by atoms with van der Waals surface area (Å²) < 4.78 is 0. The Morgan fingerprint density at radius 2 is 1.36 bits per heavy atom. The standard InChI is InChI=1S/C6H6B3O2/c1-3-7-5(10)9-6(11)8-4-2/h3-4H,1-2H2. The van der Waals surface area contributed by atoms with Crippen LogP contribution in [0.3, 0.4) is 0 Å². The summed E-state index contributed by atoms with van der Waals surface area (Å²) in [7, 11) is 3.41. The molecule has 0 aliphatic heterocycles. The quantitative estimate of drug-likeness (QED) is 0.510. The molecule has 0 N–H and O–H groups in total. The highest BCUT2D eigenvalue weighted by Crippen LogP contribution is 1.77. The van der Waals surface area contributed by atoms with E-state index in [4.69, 9.17) is 0 Å². The van der Waals surface area contributed by atoms with Crippen LogP contribution in [0.2, 0.25) is 0 Å². The molecule has 0 aromatic heterocycles. The summed E-state index contributed by atoms with van der Waals surface area (Å²) in [6.07, 6.45) is 0. The van der Waals surface area contributed by atoms with Gasteiger partial charge < -0.3 is 9.59 Å². The Hall–Kier alpha value is -0.985. The summed E-state index contributed by atoms with van der Waals surface area (Å²) in [5.74, 6) is 2.67. The summed E-state index contributed by atoms with van der Waals surface area (Å²) >= 11 is 0. The lowest BCUT2D eigenvalue weighted by atomic mass is 9.44. The molecule has 5 heteroatoms. The second-order valence-corrected chi connectivity index (χ2v) is 1.75. The van der Waals surface area contributed by atoms with Crippen molar-refractivity contribution in [3.05, 3.63) is 25.1 Å². The predicted molar refractivity (Wildman–Crippen MR) is 48.4 cm³/mol. The molecule has 3 radical (unpaired) electrons. The number of hydrogen-bond acceptors (Lipinski definition) is 2. The van der Waals surface area contributed by atoms with E-state index in [-0.39, 0.29) is 11.2 Å². The van der Waals surface area contributed by atoms with Gasteiger partial charge in [0.15, 0.2) is 0 Å². The lowest BCUT2D eigenvalue weighted by Crippen LogP contribution is -2.24.